The summed E-state index contributed by atoms with van der Waals surface area (Å²) in [6, 6.07) is 17.1. The van der Waals surface area contributed by atoms with Crippen LogP contribution in [0.4, 0.5) is 4.39 Å². The van der Waals surface area contributed by atoms with Gasteiger partial charge in [-0.25, -0.2) is 18.8 Å². The van der Waals surface area contributed by atoms with E-state index in [0.29, 0.717) is 0 Å². The minimum Gasteiger partial charge on any atom is -0.459 e. The molecule has 1 fully saturated rings. The molecule has 4 rings (SSSR count). The highest BCUT2D eigenvalue weighted by atomic mass is 19.1. The zero-order valence-electron chi connectivity index (χ0n) is 18.1. The van der Waals surface area contributed by atoms with Gasteiger partial charge in [0.15, 0.2) is 18.5 Å². The summed E-state index contributed by atoms with van der Waals surface area (Å²) in [6.45, 7) is 0.944. The number of ether oxygens (including phenoxy) is 3. The number of aromatic nitrogens is 2. The molecule has 2 heterocycles. The average molecular weight is 468 g/mol. The summed E-state index contributed by atoms with van der Waals surface area (Å²) in [4.78, 5) is 50.8. The van der Waals surface area contributed by atoms with Gasteiger partial charge in [0.25, 0.3) is 5.56 Å². The highest BCUT2D eigenvalue weighted by molar-refractivity contribution is 5.90. The number of benzene rings is 2. The van der Waals surface area contributed by atoms with Gasteiger partial charge in [0, 0.05) is 12.3 Å². The number of esters is 2. The molecule has 2 aromatic carbocycles. The number of H-pyrrole nitrogens is 1. The Kier molecular flexibility index (Phi) is 6.42. The van der Waals surface area contributed by atoms with Crippen LogP contribution in [0.5, 0.6) is 0 Å². The van der Waals surface area contributed by atoms with Crippen molar-refractivity contribution in [3.05, 3.63) is 105 Å². The minimum absolute atomic E-state index is 0.183. The molecule has 1 aliphatic rings. The molecular weight excluding hydrogens is 447 g/mol. The van der Waals surface area contributed by atoms with E-state index in [1.165, 1.54) is 19.1 Å². The van der Waals surface area contributed by atoms with Crippen LogP contribution in [0, 0.1) is 0 Å². The van der Waals surface area contributed by atoms with E-state index >= 15 is 4.39 Å². The quantitative estimate of drug-likeness (QED) is 0.552. The number of nitrogens with one attached hydrogen (secondary N) is 1. The summed E-state index contributed by atoms with van der Waals surface area (Å²) in [5.41, 5.74) is -2.76. The van der Waals surface area contributed by atoms with Crippen molar-refractivity contribution in [2.45, 2.75) is 31.0 Å². The molecule has 0 radical (unpaired) electrons. The van der Waals surface area contributed by atoms with E-state index in [2.05, 4.69) is 0 Å². The van der Waals surface area contributed by atoms with Crippen LogP contribution in [-0.4, -0.2) is 46.0 Å². The third-order valence-electron chi connectivity index (χ3n) is 5.42. The molecule has 176 valence electrons. The van der Waals surface area contributed by atoms with Gasteiger partial charge in [0.1, 0.15) is 12.2 Å². The molecule has 10 heteroatoms. The fourth-order valence-corrected chi connectivity index (χ4v) is 3.66. The zero-order valence-corrected chi connectivity index (χ0v) is 18.1. The number of halogens is 1. The molecule has 1 N–H and O–H groups in total. The van der Waals surface area contributed by atoms with Crippen molar-refractivity contribution in [3.8, 4) is 0 Å². The SMILES string of the molecule is C[C@]1(COC(=O)c2ccccc2)O[C@@H](n2ccc(=O)[nH]c2=O)[C@H](F)[C@@H]1OC(=O)c1ccccc1. The maximum Gasteiger partial charge on any atom is 0.338 e. The molecule has 0 spiro atoms. The lowest BCUT2D eigenvalue weighted by molar-refractivity contribution is -0.122. The van der Waals surface area contributed by atoms with Crippen molar-refractivity contribution in [3.63, 3.8) is 0 Å². The van der Waals surface area contributed by atoms with Crippen molar-refractivity contribution in [2.75, 3.05) is 6.61 Å². The Hall–Kier alpha value is -4.05. The van der Waals surface area contributed by atoms with Crippen molar-refractivity contribution in [2.24, 2.45) is 0 Å². The first-order valence-corrected chi connectivity index (χ1v) is 10.4. The van der Waals surface area contributed by atoms with Gasteiger partial charge in [-0.3, -0.25) is 14.3 Å². The Bertz CT molecular complexity index is 1290. The van der Waals surface area contributed by atoms with E-state index in [-0.39, 0.29) is 11.1 Å². The second-order valence-electron chi connectivity index (χ2n) is 7.92. The molecule has 0 saturated carbocycles. The molecule has 0 unspecified atom stereocenters. The number of carbonyl (C=O) groups is 2. The molecule has 3 aromatic rings. The first kappa shape index (κ1) is 23.1. The van der Waals surface area contributed by atoms with Crippen molar-refractivity contribution in [1.29, 1.82) is 0 Å². The normalized spacial score (nSPS) is 23.9. The monoisotopic (exact) mass is 468 g/mol. The number of aromatic amines is 1. The van der Waals surface area contributed by atoms with Gasteiger partial charge in [-0.05, 0) is 31.2 Å². The summed E-state index contributed by atoms with van der Waals surface area (Å²) in [5, 5.41) is 0. The van der Waals surface area contributed by atoms with Crippen LogP contribution < -0.4 is 11.2 Å². The van der Waals surface area contributed by atoms with E-state index in [1.54, 1.807) is 48.5 Å². The van der Waals surface area contributed by atoms with E-state index in [0.717, 1.165) is 16.8 Å². The maximum atomic E-state index is 15.6. The maximum absolute atomic E-state index is 15.6. The van der Waals surface area contributed by atoms with Gasteiger partial charge >= 0.3 is 17.6 Å². The summed E-state index contributed by atoms with van der Waals surface area (Å²) in [7, 11) is 0. The van der Waals surface area contributed by atoms with E-state index in [4.69, 9.17) is 14.2 Å². The van der Waals surface area contributed by atoms with Crippen molar-refractivity contribution >= 4 is 11.9 Å². The Morgan fingerprint density at radius 3 is 2.18 bits per heavy atom. The molecule has 1 aliphatic heterocycles. The highest BCUT2D eigenvalue weighted by Crippen LogP contribution is 2.41. The predicted octanol–water partition coefficient (Wildman–Crippen LogP) is 2.24. The third kappa shape index (κ3) is 4.67. The van der Waals surface area contributed by atoms with Gasteiger partial charge in [-0.2, -0.15) is 0 Å². The van der Waals surface area contributed by atoms with Crippen LogP contribution >= 0.6 is 0 Å². The Balaban J connectivity index is 1.62. The summed E-state index contributed by atoms with van der Waals surface area (Å²) >= 11 is 0. The molecule has 1 saturated heterocycles. The van der Waals surface area contributed by atoms with Crippen LogP contribution in [0.25, 0.3) is 0 Å². The van der Waals surface area contributed by atoms with Gasteiger partial charge in [-0.15, -0.1) is 0 Å². The molecule has 0 bridgehead atoms. The van der Waals surface area contributed by atoms with Gasteiger partial charge in [0.2, 0.25) is 0 Å². The summed E-state index contributed by atoms with van der Waals surface area (Å²) in [5.74, 6) is -1.49. The van der Waals surface area contributed by atoms with Crippen LogP contribution in [0.3, 0.4) is 0 Å². The van der Waals surface area contributed by atoms with Crippen LogP contribution in [0.1, 0.15) is 33.9 Å². The number of alkyl halides is 1. The van der Waals surface area contributed by atoms with Crippen LogP contribution in [-0.2, 0) is 14.2 Å². The highest BCUT2D eigenvalue weighted by Gasteiger charge is 2.57. The Morgan fingerprint density at radius 2 is 1.59 bits per heavy atom. The fraction of sp³-hybridized carbons (Fsp3) is 0.250. The van der Waals surface area contributed by atoms with Crippen molar-refractivity contribution in [1.82, 2.24) is 9.55 Å². The number of nitrogens with zero attached hydrogens (tertiary/aromatic N) is 1. The first-order chi connectivity index (χ1) is 16.3. The Morgan fingerprint density at radius 1 is 1.00 bits per heavy atom. The second kappa shape index (κ2) is 9.44. The number of rotatable bonds is 6. The number of carbonyl (C=O) groups excluding carboxylic acids is 2. The van der Waals surface area contributed by atoms with Gasteiger partial charge in [0.05, 0.1) is 11.1 Å². The van der Waals surface area contributed by atoms with Gasteiger partial charge < -0.3 is 14.2 Å². The molecule has 0 aliphatic carbocycles. The van der Waals surface area contributed by atoms with E-state index in [9.17, 15) is 19.2 Å². The second-order valence-corrected chi connectivity index (χ2v) is 7.92. The molecule has 34 heavy (non-hydrogen) atoms. The first-order valence-electron chi connectivity index (χ1n) is 10.4. The van der Waals surface area contributed by atoms with E-state index < -0.39 is 53.9 Å². The fourth-order valence-electron chi connectivity index (χ4n) is 3.66. The van der Waals surface area contributed by atoms with Crippen molar-refractivity contribution < 1.29 is 28.2 Å². The molecule has 0 amide bonds. The largest absolute Gasteiger partial charge is 0.459 e. The molecular formula is C24H21FN2O7. The van der Waals surface area contributed by atoms with Crippen LogP contribution in [0.15, 0.2) is 82.5 Å². The smallest absolute Gasteiger partial charge is 0.338 e. The van der Waals surface area contributed by atoms with Gasteiger partial charge in [-0.1, -0.05) is 36.4 Å². The minimum atomic E-state index is -2.02. The molecule has 1 aromatic heterocycles. The molecule has 4 atom stereocenters. The van der Waals surface area contributed by atoms with Crippen LogP contribution in [0.2, 0.25) is 0 Å². The lowest BCUT2D eigenvalue weighted by Gasteiger charge is -2.29. The topological polar surface area (TPSA) is 117 Å². The lowest BCUT2D eigenvalue weighted by atomic mass is 9.98. The van der Waals surface area contributed by atoms with E-state index in [1.807, 2.05) is 4.98 Å². The summed E-state index contributed by atoms with van der Waals surface area (Å²) < 4.78 is 33.1. The lowest BCUT2D eigenvalue weighted by Crippen LogP contribution is -2.46. The third-order valence-corrected chi connectivity index (χ3v) is 5.42. The standard InChI is InChI=1S/C24H21FN2O7/c1-24(14-32-21(29)15-8-4-2-5-9-15)19(33-22(30)16-10-6-3-7-11-16)18(25)20(34-24)27-13-12-17(28)26-23(27)31/h2-13,18-20H,14H2,1H3,(H,26,28,31)/t18-,19+,20-,24-/m1/s1. The Labute approximate surface area is 192 Å². The zero-order chi connectivity index (χ0) is 24.3. The average Bonchev–Trinajstić information content (AvgIpc) is 3.09. The predicted molar refractivity (Wildman–Crippen MR) is 117 cm³/mol. The number of hydrogen-bond donors (Lipinski definition) is 1. The summed E-state index contributed by atoms with van der Waals surface area (Å²) in [6.07, 6.45) is -4.02. The number of hydrogen-bond acceptors (Lipinski definition) is 7. The molecule has 9 nitrogen and oxygen atoms in total.